The quantitative estimate of drug-likeness (QED) is 0.611. The van der Waals surface area contributed by atoms with Crippen molar-refractivity contribution in [3.63, 3.8) is 0 Å². The van der Waals surface area contributed by atoms with Crippen molar-refractivity contribution in [3.8, 4) is 0 Å². The maximum absolute atomic E-state index is 10.8. The van der Waals surface area contributed by atoms with E-state index in [9.17, 15) is 9.59 Å². The van der Waals surface area contributed by atoms with Gasteiger partial charge in [-0.1, -0.05) is 6.07 Å². The third-order valence-corrected chi connectivity index (χ3v) is 1.61. The van der Waals surface area contributed by atoms with Gasteiger partial charge in [-0.25, -0.2) is 0 Å². The van der Waals surface area contributed by atoms with Gasteiger partial charge in [0.15, 0.2) is 0 Å². The Balaban J connectivity index is 2.73. The molecule has 0 aliphatic carbocycles. The number of hydrogen-bond acceptors (Lipinski definition) is 3. The molecule has 0 aromatic heterocycles. The monoisotopic (exact) mass is 193 g/mol. The molecule has 0 unspecified atom stereocenters. The number of rotatable bonds is 4. The first-order valence-electron chi connectivity index (χ1n) is 4.01. The molecule has 0 saturated heterocycles. The largest absolute Gasteiger partial charge is 0.376 e. The molecule has 0 saturated carbocycles. The van der Waals surface area contributed by atoms with Crippen molar-refractivity contribution in [3.05, 3.63) is 29.8 Å². The van der Waals surface area contributed by atoms with Crippen molar-refractivity contribution in [2.75, 3.05) is 11.9 Å². The lowest BCUT2D eigenvalue weighted by molar-refractivity contribution is -0.116. The molecule has 0 spiro atoms. The highest BCUT2D eigenvalue weighted by Crippen LogP contribution is 2.09. The summed E-state index contributed by atoms with van der Waals surface area (Å²) in [4.78, 5) is 21.3. The van der Waals surface area contributed by atoms with Crippen LogP contribution in [0.4, 0.5) is 5.69 Å². The van der Waals surface area contributed by atoms with Gasteiger partial charge in [-0.3, -0.25) is 9.59 Å². The SMILES string of the molecule is NC(=O)CNc1cccc(C(N)=O)c1. The van der Waals surface area contributed by atoms with Gasteiger partial charge in [-0.05, 0) is 18.2 Å². The summed E-state index contributed by atoms with van der Waals surface area (Å²) < 4.78 is 0. The average molecular weight is 193 g/mol. The normalized spacial score (nSPS) is 9.43. The molecule has 1 rings (SSSR count). The number of anilines is 1. The molecule has 1 aromatic carbocycles. The van der Waals surface area contributed by atoms with Gasteiger partial charge >= 0.3 is 0 Å². The van der Waals surface area contributed by atoms with Crippen molar-refractivity contribution >= 4 is 17.5 Å². The van der Waals surface area contributed by atoms with Crippen LogP contribution in [-0.2, 0) is 4.79 Å². The lowest BCUT2D eigenvalue weighted by Crippen LogP contribution is -2.22. The van der Waals surface area contributed by atoms with Crippen molar-refractivity contribution in [2.45, 2.75) is 0 Å². The molecule has 0 bridgehead atoms. The summed E-state index contributed by atoms with van der Waals surface area (Å²) in [5.41, 5.74) is 11.1. The van der Waals surface area contributed by atoms with Crippen molar-refractivity contribution < 1.29 is 9.59 Å². The van der Waals surface area contributed by atoms with Crippen LogP contribution in [-0.4, -0.2) is 18.4 Å². The minimum Gasteiger partial charge on any atom is -0.376 e. The summed E-state index contributed by atoms with van der Waals surface area (Å²) in [6.45, 7) is 0.0300. The van der Waals surface area contributed by atoms with E-state index in [-0.39, 0.29) is 6.54 Å². The number of hydrogen-bond donors (Lipinski definition) is 3. The summed E-state index contributed by atoms with van der Waals surface area (Å²) >= 11 is 0. The predicted molar refractivity (Wildman–Crippen MR) is 52.6 cm³/mol. The number of benzene rings is 1. The van der Waals surface area contributed by atoms with E-state index in [1.807, 2.05) is 0 Å². The fraction of sp³-hybridized carbons (Fsp3) is 0.111. The molecular weight excluding hydrogens is 182 g/mol. The molecule has 0 aliphatic rings. The molecule has 14 heavy (non-hydrogen) atoms. The van der Waals surface area contributed by atoms with Crippen LogP contribution in [0.25, 0.3) is 0 Å². The molecule has 0 radical (unpaired) electrons. The summed E-state index contributed by atoms with van der Waals surface area (Å²) in [6.07, 6.45) is 0. The fourth-order valence-corrected chi connectivity index (χ4v) is 0.972. The summed E-state index contributed by atoms with van der Waals surface area (Å²) in [5.74, 6) is -0.970. The topological polar surface area (TPSA) is 98.2 Å². The van der Waals surface area contributed by atoms with Crippen LogP contribution in [0, 0.1) is 0 Å². The highest BCUT2D eigenvalue weighted by Gasteiger charge is 2.01. The number of nitrogens with one attached hydrogen (secondary N) is 1. The van der Waals surface area contributed by atoms with Gasteiger partial charge in [-0.2, -0.15) is 0 Å². The minimum absolute atomic E-state index is 0.0300. The Hall–Kier alpha value is -2.04. The standard InChI is InChI=1S/C9H11N3O2/c10-8(13)5-12-7-3-1-2-6(4-7)9(11)14/h1-4,12H,5H2,(H2,10,13)(H2,11,14). The molecule has 1 aromatic rings. The van der Waals surface area contributed by atoms with E-state index < -0.39 is 11.8 Å². The van der Waals surface area contributed by atoms with Gasteiger partial charge < -0.3 is 16.8 Å². The van der Waals surface area contributed by atoms with Crippen LogP contribution >= 0.6 is 0 Å². The number of carbonyl (C=O) groups is 2. The zero-order chi connectivity index (χ0) is 10.6. The molecule has 5 N–H and O–H groups in total. The second-order valence-electron chi connectivity index (χ2n) is 2.76. The first-order valence-corrected chi connectivity index (χ1v) is 4.01. The van der Waals surface area contributed by atoms with Crippen molar-refractivity contribution in [1.29, 1.82) is 0 Å². The van der Waals surface area contributed by atoms with E-state index in [2.05, 4.69) is 5.32 Å². The van der Waals surface area contributed by atoms with Crippen molar-refractivity contribution in [2.24, 2.45) is 11.5 Å². The first-order chi connectivity index (χ1) is 6.59. The van der Waals surface area contributed by atoms with E-state index in [1.165, 1.54) is 0 Å². The first kappa shape index (κ1) is 10.0. The summed E-state index contributed by atoms with van der Waals surface area (Å²) in [7, 11) is 0. The van der Waals surface area contributed by atoms with E-state index in [0.717, 1.165) is 0 Å². The van der Waals surface area contributed by atoms with E-state index >= 15 is 0 Å². The molecule has 74 valence electrons. The fourth-order valence-electron chi connectivity index (χ4n) is 0.972. The van der Waals surface area contributed by atoms with E-state index in [4.69, 9.17) is 11.5 Å². The minimum atomic E-state index is -0.507. The second kappa shape index (κ2) is 4.27. The molecule has 0 aliphatic heterocycles. The Labute approximate surface area is 81.1 Å². The Morgan fingerprint density at radius 2 is 2.00 bits per heavy atom. The van der Waals surface area contributed by atoms with Gasteiger partial charge in [0, 0.05) is 11.3 Å². The van der Waals surface area contributed by atoms with Gasteiger partial charge in [0.2, 0.25) is 11.8 Å². The van der Waals surface area contributed by atoms with Crippen LogP contribution in [0.2, 0.25) is 0 Å². The number of primary amides is 2. The average Bonchev–Trinajstić information content (AvgIpc) is 2.15. The van der Waals surface area contributed by atoms with Crippen LogP contribution in [0.3, 0.4) is 0 Å². The molecule has 2 amide bonds. The zero-order valence-electron chi connectivity index (χ0n) is 7.49. The maximum Gasteiger partial charge on any atom is 0.248 e. The van der Waals surface area contributed by atoms with Gasteiger partial charge in [0.05, 0.1) is 6.54 Å². The predicted octanol–water partition coefficient (Wildman–Crippen LogP) is -0.317. The van der Waals surface area contributed by atoms with Crippen LogP contribution < -0.4 is 16.8 Å². The molecule has 0 fully saturated rings. The van der Waals surface area contributed by atoms with Gasteiger partial charge in [0.1, 0.15) is 0 Å². The highest BCUT2D eigenvalue weighted by atomic mass is 16.1. The highest BCUT2D eigenvalue weighted by molar-refractivity contribution is 5.93. The van der Waals surface area contributed by atoms with Crippen molar-refractivity contribution in [1.82, 2.24) is 0 Å². The molecule has 0 heterocycles. The molecule has 0 atom stereocenters. The number of carbonyl (C=O) groups excluding carboxylic acids is 2. The molecule has 5 nitrogen and oxygen atoms in total. The Kier molecular flexibility index (Phi) is 3.06. The van der Waals surface area contributed by atoms with Crippen LogP contribution in [0.5, 0.6) is 0 Å². The Bertz CT molecular complexity index is 363. The lowest BCUT2D eigenvalue weighted by Gasteiger charge is -2.04. The van der Waals surface area contributed by atoms with Gasteiger partial charge in [0.25, 0.3) is 0 Å². The maximum atomic E-state index is 10.8. The second-order valence-corrected chi connectivity index (χ2v) is 2.76. The van der Waals surface area contributed by atoms with E-state index in [0.29, 0.717) is 11.3 Å². The van der Waals surface area contributed by atoms with Crippen LogP contribution in [0.15, 0.2) is 24.3 Å². The third kappa shape index (κ3) is 2.78. The van der Waals surface area contributed by atoms with E-state index in [1.54, 1.807) is 24.3 Å². The number of amides is 2. The number of nitrogens with two attached hydrogens (primary N) is 2. The van der Waals surface area contributed by atoms with Crippen LogP contribution in [0.1, 0.15) is 10.4 Å². The lowest BCUT2D eigenvalue weighted by atomic mass is 10.2. The summed E-state index contributed by atoms with van der Waals surface area (Å²) in [6, 6.07) is 6.54. The van der Waals surface area contributed by atoms with Gasteiger partial charge in [-0.15, -0.1) is 0 Å². The Morgan fingerprint density at radius 1 is 1.29 bits per heavy atom. The third-order valence-electron chi connectivity index (χ3n) is 1.61. The Morgan fingerprint density at radius 3 is 2.57 bits per heavy atom. The zero-order valence-corrected chi connectivity index (χ0v) is 7.49. The molecular formula is C9H11N3O2. The smallest absolute Gasteiger partial charge is 0.248 e. The summed E-state index contributed by atoms with van der Waals surface area (Å²) in [5, 5.41) is 2.76. The molecule has 5 heteroatoms.